The number of benzene rings is 1. The maximum absolute atomic E-state index is 10.7. The average Bonchev–Trinajstić information content (AvgIpc) is 2.28. The summed E-state index contributed by atoms with van der Waals surface area (Å²) in [5.41, 5.74) is 1.40. The molecule has 1 unspecified atom stereocenters. The van der Waals surface area contributed by atoms with Crippen LogP contribution in [0.15, 0.2) is 18.2 Å². The van der Waals surface area contributed by atoms with Gasteiger partial charge in [-0.25, -0.2) is 0 Å². The largest absolute Gasteiger partial charge is 0.391 e. The van der Waals surface area contributed by atoms with E-state index in [2.05, 4.69) is 5.32 Å². The zero-order chi connectivity index (χ0) is 12.8. The minimum absolute atomic E-state index is 0.0972. The summed E-state index contributed by atoms with van der Waals surface area (Å²) >= 11 is 0. The van der Waals surface area contributed by atoms with Gasteiger partial charge in [0.25, 0.3) is 5.69 Å². The lowest BCUT2D eigenvalue weighted by Crippen LogP contribution is -2.19. The lowest BCUT2D eigenvalue weighted by atomic mass is 10.1. The average molecular weight is 238 g/mol. The number of nitrogens with zero attached hydrogens (tertiary/aromatic N) is 1. The highest BCUT2D eigenvalue weighted by atomic mass is 16.6. The smallest absolute Gasteiger partial charge is 0.274 e. The molecule has 0 saturated heterocycles. The van der Waals surface area contributed by atoms with Crippen LogP contribution in [0.5, 0.6) is 0 Å². The number of anilines is 1. The Balaban J connectivity index is 2.66. The normalized spacial score (nSPS) is 12.2. The molecular weight excluding hydrogens is 220 g/mol. The molecular formula is C12H18N2O3. The molecule has 2 N–H and O–H groups in total. The van der Waals surface area contributed by atoms with E-state index in [-0.39, 0.29) is 5.69 Å². The Morgan fingerprint density at radius 2 is 2.24 bits per heavy atom. The van der Waals surface area contributed by atoms with Gasteiger partial charge in [0.2, 0.25) is 0 Å². The number of rotatable bonds is 6. The van der Waals surface area contributed by atoms with E-state index in [0.29, 0.717) is 17.8 Å². The highest BCUT2D eigenvalue weighted by Crippen LogP contribution is 2.22. The third kappa shape index (κ3) is 4.03. The molecule has 0 aliphatic rings. The van der Waals surface area contributed by atoms with Crippen molar-refractivity contribution in [1.82, 2.24) is 0 Å². The molecule has 1 aromatic rings. The van der Waals surface area contributed by atoms with Crippen molar-refractivity contribution >= 4 is 11.4 Å². The molecule has 0 spiro atoms. The van der Waals surface area contributed by atoms with Crippen LogP contribution in [0.25, 0.3) is 0 Å². The number of aryl methyl sites for hydroxylation is 1. The van der Waals surface area contributed by atoms with Crippen LogP contribution >= 0.6 is 0 Å². The Labute approximate surface area is 101 Å². The van der Waals surface area contributed by atoms with Gasteiger partial charge in [-0.05, 0) is 19.4 Å². The van der Waals surface area contributed by atoms with Crippen molar-refractivity contribution in [1.29, 1.82) is 0 Å². The van der Waals surface area contributed by atoms with E-state index in [1.807, 2.05) is 6.92 Å². The summed E-state index contributed by atoms with van der Waals surface area (Å²) in [6.45, 7) is 4.11. The summed E-state index contributed by atoms with van der Waals surface area (Å²) in [6, 6.07) is 4.97. The molecule has 1 atom stereocenters. The van der Waals surface area contributed by atoms with Gasteiger partial charge in [0.1, 0.15) is 0 Å². The van der Waals surface area contributed by atoms with Gasteiger partial charge >= 0.3 is 0 Å². The number of nitro benzene ring substituents is 1. The first-order valence-electron chi connectivity index (χ1n) is 5.71. The number of hydrogen-bond donors (Lipinski definition) is 2. The zero-order valence-corrected chi connectivity index (χ0v) is 10.1. The summed E-state index contributed by atoms with van der Waals surface area (Å²) in [5.74, 6) is 0. The van der Waals surface area contributed by atoms with E-state index >= 15 is 0 Å². The molecule has 0 amide bonds. The van der Waals surface area contributed by atoms with Gasteiger partial charge < -0.3 is 10.4 Å². The Kier molecular flexibility index (Phi) is 4.90. The van der Waals surface area contributed by atoms with Crippen LogP contribution < -0.4 is 5.32 Å². The van der Waals surface area contributed by atoms with Gasteiger partial charge in [-0.15, -0.1) is 0 Å². The fourth-order valence-corrected chi connectivity index (χ4v) is 1.59. The first kappa shape index (κ1) is 13.4. The van der Waals surface area contributed by atoms with Gasteiger partial charge in [0, 0.05) is 23.9 Å². The van der Waals surface area contributed by atoms with E-state index in [4.69, 9.17) is 0 Å². The van der Waals surface area contributed by atoms with Crippen LogP contribution in [0.4, 0.5) is 11.4 Å². The molecule has 0 aliphatic carbocycles. The summed E-state index contributed by atoms with van der Waals surface area (Å²) in [5, 5.41) is 23.3. The van der Waals surface area contributed by atoms with E-state index in [9.17, 15) is 15.2 Å². The monoisotopic (exact) mass is 238 g/mol. The molecule has 0 radical (unpaired) electrons. The molecule has 1 rings (SSSR count). The lowest BCUT2D eigenvalue weighted by Gasteiger charge is -2.11. The van der Waals surface area contributed by atoms with Crippen molar-refractivity contribution in [3.05, 3.63) is 33.9 Å². The third-order valence-electron chi connectivity index (χ3n) is 2.57. The number of aliphatic hydroxyl groups excluding tert-OH is 1. The van der Waals surface area contributed by atoms with Crippen LogP contribution in [-0.4, -0.2) is 22.7 Å². The highest BCUT2D eigenvalue weighted by Gasteiger charge is 2.11. The first-order valence-corrected chi connectivity index (χ1v) is 5.71. The second-order valence-corrected chi connectivity index (χ2v) is 4.08. The van der Waals surface area contributed by atoms with Crippen molar-refractivity contribution in [2.24, 2.45) is 0 Å². The van der Waals surface area contributed by atoms with Crippen LogP contribution in [0.1, 0.15) is 25.3 Å². The van der Waals surface area contributed by atoms with E-state index in [1.54, 1.807) is 19.1 Å². The van der Waals surface area contributed by atoms with Gasteiger partial charge in [-0.1, -0.05) is 19.4 Å². The summed E-state index contributed by atoms with van der Waals surface area (Å²) in [4.78, 5) is 10.3. The van der Waals surface area contributed by atoms with E-state index in [1.165, 1.54) is 6.07 Å². The minimum Gasteiger partial charge on any atom is -0.391 e. The summed E-state index contributed by atoms with van der Waals surface area (Å²) in [6.07, 6.45) is 1.22. The third-order valence-corrected chi connectivity index (χ3v) is 2.57. The van der Waals surface area contributed by atoms with Gasteiger partial charge in [-0.2, -0.15) is 0 Å². The fraction of sp³-hybridized carbons (Fsp3) is 0.500. The van der Waals surface area contributed by atoms with Crippen LogP contribution in [0.3, 0.4) is 0 Å². The Bertz CT molecular complexity index is 393. The predicted molar refractivity (Wildman–Crippen MR) is 67.2 cm³/mol. The van der Waals surface area contributed by atoms with E-state index < -0.39 is 11.0 Å². The molecule has 0 bridgehead atoms. The molecule has 0 heterocycles. The van der Waals surface area contributed by atoms with Crippen molar-refractivity contribution < 1.29 is 10.0 Å². The Morgan fingerprint density at radius 3 is 2.82 bits per heavy atom. The Morgan fingerprint density at radius 1 is 1.53 bits per heavy atom. The fourth-order valence-electron chi connectivity index (χ4n) is 1.59. The topological polar surface area (TPSA) is 75.4 Å². The standard InChI is InChI=1S/C12H18N2O3/c1-3-4-11(15)8-13-10-6-5-9(2)12(7-10)14(16)17/h5-7,11,13,15H,3-4,8H2,1-2H3. The molecule has 0 saturated carbocycles. The second kappa shape index (κ2) is 6.20. The maximum Gasteiger partial charge on any atom is 0.274 e. The highest BCUT2D eigenvalue weighted by molar-refractivity contribution is 5.54. The van der Waals surface area contributed by atoms with Gasteiger partial charge in [0.15, 0.2) is 0 Å². The zero-order valence-electron chi connectivity index (χ0n) is 10.1. The number of aliphatic hydroxyl groups is 1. The van der Waals surface area contributed by atoms with Crippen LogP contribution in [-0.2, 0) is 0 Å². The van der Waals surface area contributed by atoms with Crippen molar-refractivity contribution in [2.45, 2.75) is 32.8 Å². The number of hydrogen-bond acceptors (Lipinski definition) is 4. The molecule has 0 fully saturated rings. The predicted octanol–water partition coefficient (Wildman–Crippen LogP) is 2.48. The molecule has 0 aromatic heterocycles. The van der Waals surface area contributed by atoms with E-state index in [0.717, 1.165) is 12.8 Å². The molecule has 94 valence electrons. The number of nitro groups is 1. The molecule has 1 aromatic carbocycles. The quantitative estimate of drug-likeness (QED) is 0.589. The van der Waals surface area contributed by atoms with Crippen LogP contribution in [0.2, 0.25) is 0 Å². The summed E-state index contributed by atoms with van der Waals surface area (Å²) < 4.78 is 0. The van der Waals surface area contributed by atoms with Crippen molar-refractivity contribution in [2.75, 3.05) is 11.9 Å². The molecule has 5 nitrogen and oxygen atoms in total. The lowest BCUT2D eigenvalue weighted by molar-refractivity contribution is -0.385. The molecule has 5 heteroatoms. The van der Waals surface area contributed by atoms with Gasteiger partial charge in [-0.3, -0.25) is 10.1 Å². The number of nitrogens with one attached hydrogen (secondary N) is 1. The minimum atomic E-state index is -0.416. The Hall–Kier alpha value is -1.62. The molecule has 17 heavy (non-hydrogen) atoms. The van der Waals surface area contributed by atoms with Crippen molar-refractivity contribution in [3.8, 4) is 0 Å². The summed E-state index contributed by atoms with van der Waals surface area (Å²) in [7, 11) is 0. The second-order valence-electron chi connectivity index (χ2n) is 4.08. The SMILES string of the molecule is CCCC(O)CNc1ccc(C)c([N+](=O)[O-])c1. The van der Waals surface area contributed by atoms with Crippen molar-refractivity contribution in [3.63, 3.8) is 0 Å². The molecule has 0 aliphatic heterocycles. The van der Waals surface area contributed by atoms with Gasteiger partial charge in [0.05, 0.1) is 11.0 Å². The maximum atomic E-state index is 10.7. The first-order chi connectivity index (χ1) is 8.04. The van der Waals surface area contributed by atoms with Crippen LogP contribution in [0, 0.1) is 17.0 Å².